The lowest BCUT2D eigenvalue weighted by Gasteiger charge is -2.06. The van der Waals surface area contributed by atoms with Gasteiger partial charge in [0.25, 0.3) is 5.91 Å². The fourth-order valence-corrected chi connectivity index (χ4v) is 2.74. The predicted molar refractivity (Wildman–Crippen MR) is 77.1 cm³/mol. The quantitative estimate of drug-likeness (QED) is 0.353. The molecular formula is C13H16N2O4S. The Balaban J connectivity index is 2.25. The zero-order chi connectivity index (χ0) is 14.5. The van der Waals surface area contributed by atoms with Crippen LogP contribution in [0, 0.1) is 0 Å². The Morgan fingerprint density at radius 1 is 1.45 bits per heavy atom. The summed E-state index contributed by atoms with van der Waals surface area (Å²) in [5, 5.41) is 18.8. The van der Waals surface area contributed by atoms with Crippen molar-refractivity contribution in [2.45, 2.75) is 11.9 Å². The van der Waals surface area contributed by atoms with Crippen LogP contribution in [0.25, 0.3) is 11.0 Å². The van der Waals surface area contributed by atoms with E-state index in [9.17, 15) is 9.90 Å². The summed E-state index contributed by atoms with van der Waals surface area (Å²) < 4.78 is 5.66. The third-order valence-electron chi connectivity index (χ3n) is 2.78. The molecule has 0 bridgehead atoms. The maximum Gasteiger partial charge on any atom is 0.269 e. The third kappa shape index (κ3) is 3.13. The van der Waals surface area contributed by atoms with Gasteiger partial charge in [-0.15, -0.1) is 0 Å². The van der Waals surface area contributed by atoms with Gasteiger partial charge in [0, 0.05) is 11.1 Å². The molecule has 1 unspecified atom stereocenters. The number of hydrogen-bond donors (Lipinski definition) is 4. The molecule has 108 valence electrons. The van der Waals surface area contributed by atoms with Crippen molar-refractivity contribution in [3.63, 3.8) is 0 Å². The average molecular weight is 296 g/mol. The zero-order valence-electron chi connectivity index (χ0n) is 10.7. The Labute approximate surface area is 119 Å². The van der Waals surface area contributed by atoms with Crippen LogP contribution in [0.5, 0.6) is 0 Å². The van der Waals surface area contributed by atoms with Crippen molar-refractivity contribution in [1.82, 2.24) is 5.43 Å². The first-order chi connectivity index (χ1) is 9.67. The molecule has 0 saturated carbocycles. The van der Waals surface area contributed by atoms with Crippen LogP contribution in [-0.4, -0.2) is 34.6 Å². The topological polar surface area (TPSA) is 109 Å². The molecule has 2 rings (SSSR count). The first-order valence-corrected chi connectivity index (χ1v) is 7.20. The van der Waals surface area contributed by atoms with Crippen LogP contribution >= 0.6 is 11.8 Å². The SMILES string of the molecule is NNC(=O)c1c(CSCC(O)CO)oc2ccccc12. The minimum Gasteiger partial charge on any atom is -0.459 e. The van der Waals surface area contributed by atoms with Crippen molar-refractivity contribution in [2.75, 3.05) is 12.4 Å². The molecule has 1 heterocycles. The number of hydrogen-bond acceptors (Lipinski definition) is 6. The number of hydrazine groups is 1. The van der Waals surface area contributed by atoms with Crippen LogP contribution in [0.3, 0.4) is 0 Å². The zero-order valence-corrected chi connectivity index (χ0v) is 11.5. The summed E-state index contributed by atoms with van der Waals surface area (Å²) in [5.74, 6) is 6.07. The van der Waals surface area contributed by atoms with E-state index in [1.54, 1.807) is 12.1 Å². The maximum absolute atomic E-state index is 11.9. The van der Waals surface area contributed by atoms with Crippen molar-refractivity contribution in [1.29, 1.82) is 0 Å². The number of carbonyl (C=O) groups excluding carboxylic acids is 1. The average Bonchev–Trinajstić information content (AvgIpc) is 2.84. The molecular weight excluding hydrogens is 280 g/mol. The molecule has 0 aliphatic rings. The van der Waals surface area contributed by atoms with Gasteiger partial charge in [0.15, 0.2) is 0 Å². The molecule has 20 heavy (non-hydrogen) atoms. The Morgan fingerprint density at radius 2 is 2.20 bits per heavy atom. The molecule has 0 spiro atoms. The molecule has 1 amide bonds. The van der Waals surface area contributed by atoms with Gasteiger partial charge < -0.3 is 14.6 Å². The molecule has 0 aliphatic carbocycles. The number of nitrogens with one attached hydrogen (secondary N) is 1. The number of rotatable bonds is 6. The fourth-order valence-electron chi connectivity index (χ4n) is 1.86. The van der Waals surface area contributed by atoms with E-state index in [1.165, 1.54) is 11.8 Å². The normalized spacial score (nSPS) is 12.6. The summed E-state index contributed by atoms with van der Waals surface area (Å²) in [7, 11) is 0. The highest BCUT2D eigenvalue weighted by atomic mass is 32.2. The number of benzene rings is 1. The lowest BCUT2D eigenvalue weighted by molar-refractivity contribution is 0.0953. The summed E-state index contributed by atoms with van der Waals surface area (Å²) >= 11 is 1.37. The second-order valence-corrected chi connectivity index (χ2v) is 5.25. The monoisotopic (exact) mass is 296 g/mol. The number of thioether (sulfide) groups is 1. The van der Waals surface area contributed by atoms with Gasteiger partial charge in [-0.25, -0.2) is 5.84 Å². The molecule has 0 saturated heterocycles. The van der Waals surface area contributed by atoms with Crippen LogP contribution in [0.2, 0.25) is 0 Å². The van der Waals surface area contributed by atoms with Crippen molar-refractivity contribution in [3.05, 3.63) is 35.6 Å². The first-order valence-electron chi connectivity index (χ1n) is 6.05. The lowest BCUT2D eigenvalue weighted by Crippen LogP contribution is -2.30. The standard InChI is InChI=1S/C13H16N2O4S/c14-15-13(18)12-9-3-1-2-4-10(9)19-11(12)7-20-6-8(17)5-16/h1-4,8,16-17H,5-7,14H2,(H,15,18). The molecule has 0 fully saturated rings. The van der Waals surface area contributed by atoms with Gasteiger partial charge in [-0.05, 0) is 6.07 Å². The number of fused-ring (bicyclic) bond motifs is 1. The van der Waals surface area contributed by atoms with Gasteiger partial charge in [0.2, 0.25) is 0 Å². The number of nitrogen functional groups attached to an aromatic ring is 1. The largest absolute Gasteiger partial charge is 0.459 e. The van der Waals surface area contributed by atoms with Crippen LogP contribution in [0.15, 0.2) is 28.7 Å². The smallest absolute Gasteiger partial charge is 0.269 e. The fraction of sp³-hybridized carbons (Fsp3) is 0.308. The molecule has 6 nitrogen and oxygen atoms in total. The lowest BCUT2D eigenvalue weighted by atomic mass is 10.1. The Hall–Kier alpha value is -1.54. The van der Waals surface area contributed by atoms with Crippen molar-refractivity contribution < 1.29 is 19.4 Å². The number of aliphatic hydroxyl groups excluding tert-OH is 2. The number of nitrogens with two attached hydrogens (primary N) is 1. The summed E-state index contributed by atoms with van der Waals surface area (Å²) in [5.41, 5.74) is 3.14. The number of para-hydroxylation sites is 1. The van der Waals surface area contributed by atoms with E-state index in [-0.39, 0.29) is 6.61 Å². The van der Waals surface area contributed by atoms with Crippen molar-refractivity contribution in [2.24, 2.45) is 5.84 Å². The highest BCUT2D eigenvalue weighted by Gasteiger charge is 2.20. The number of furan rings is 1. The van der Waals surface area contributed by atoms with Crippen LogP contribution in [-0.2, 0) is 5.75 Å². The summed E-state index contributed by atoms with van der Waals surface area (Å²) in [6, 6.07) is 7.21. The molecule has 1 aromatic carbocycles. The molecule has 2 aromatic rings. The molecule has 5 N–H and O–H groups in total. The van der Waals surface area contributed by atoms with E-state index < -0.39 is 12.0 Å². The van der Waals surface area contributed by atoms with Gasteiger partial charge in [-0.1, -0.05) is 18.2 Å². The van der Waals surface area contributed by atoms with Crippen molar-refractivity contribution in [3.8, 4) is 0 Å². The number of aliphatic hydroxyl groups is 2. The predicted octanol–water partition coefficient (Wildman–Crippen LogP) is 0.623. The molecule has 0 aliphatic heterocycles. The van der Waals surface area contributed by atoms with E-state index in [2.05, 4.69) is 5.43 Å². The van der Waals surface area contributed by atoms with Crippen molar-refractivity contribution >= 4 is 28.6 Å². The Bertz CT molecular complexity index is 599. The second-order valence-electron chi connectivity index (χ2n) is 4.22. The minimum atomic E-state index is -0.781. The highest BCUT2D eigenvalue weighted by molar-refractivity contribution is 7.98. The van der Waals surface area contributed by atoms with E-state index in [0.717, 1.165) is 0 Å². The van der Waals surface area contributed by atoms with E-state index in [1.807, 2.05) is 12.1 Å². The van der Waals surface area contributed by atoms with E-state index >= 15 is 0 Å². The Morgan fingerprint density at radius 3 is 2.90 bits per heavy atom. The molecule has 1 aromatic heterocycles. The summed E-state index contributed by atoms with van der Waals surface area (Å²) in [4.78, 5) is 11.9. The third-order valence-corrected chi connectivity index (χ3v) is 3.87. The molecule has 1 atom stereocenters. The van der Waals surface area contributed by atoms with Gasteiger partial charge in [-0.2, -0.15) is 11.8 Å². The number of amides is 1. The molecule has 7 heteroatoms. The minimum absolute atomic E-state index is 0.288. The summed E-state index contributed by atoms with van der Waals surface area (Å²) in [6.07, 6.45) is -0.781. The summed E-state index contributed by atoms with van der Waals surface area (Å²) in [6.45, 7) is -0.288. The van der Waals surface area contributed by atoms with Gasteiger partial charge in [-0.3, -0.25) is 10.2 Å². The Kier molecular flexibility index (Phi) is 5.02. The number of carbonyl (C=O) groups is 1. The van der Waals surface area contributed by atoms with E-state index in [4.69, 9.17) is 15.4 Å². The highest BCUT2D eigenvalue weighted by Crippen LogP contribution is 2.28. The maximum atomic E-state index is 11.9. The van der Waals surface area contributed by atoms with Crippen LogP contribution < -0.4 is 11.3 Å². The van der Waals surface area contributed by atoms with Gasteiger partial charge >= 0.3 is 0 Å². The first kappa shape index (κ1) is 14.9. The van der Waals surface area contributed by atoms with Crippen LogP contribution in [0.1, 0.15) is 16.1 Å². The van der Waals surface area contributed by atoms with Gasteiger partial charge in [0.1, 0.15) is 11.3 Å². The molecule has 0 radical (unpaired) electrons. The van der Waals surface area contributed by atoms with Gasteiger partial charge in [0.05, 0.1) is 24.0 Å². The van der Waals surface area contributed by atoms with E-state index in [0.29, 0.717) is 33.8 Å². The second kappa shape index (κ2) is 6.76. The van der Waals surface area contributed by atoms with Crippen LogP contribution in [0.4, 0.5) is 0 Å².